The Labute approximate surface area is 160 Å². The monoisotopic (exact) mass is 388 g/mol. The van der Waals surface area contributed by atoms with Crippen LogP contribution in [0.4, 0.5) is 0 Å². The number of carbonyl (C=O) groups is 2. The molecule has 8 heteroatoms. The van der Waals surface area contributed by atoms with Gasteiger partial charge < -0.3 is 13.9 Å². The zero-order chi connectivity index (χ0) is 19.6. The van der Waals surface area contributed by atoms with E-state index in [-0.39, 0.29) is 12.4 Å². The molecule has 0 spiro atoms. The summed E-state index contributed by atoms with van der Waals surface area (Å²) >= 11 is 6.16. The summed E-state index contributed by atoms with van der Waals surface area (Å²) in [7, 11) is 1.26. The normalized spacial score (nSPS) is 10.7. The highest BCUT2D eigenvalue weighted by Crippen LogP contribution is 2.22. The minimum absolute atomic E-state index is 0.0523. The minimum Gasteiger partial charge on any atom is -0.463 e. The lowest BCUT2D eigenvalue weighted by molar-refractivity contribution is 0.0438. The fourth-order valence-corrected chi connectivity index (χ4v) is 2.62. The fourth-order valence-electron chi connectivity index (χ4n) is 2.50. The Hall–Kier alpha value is -3.06. The van der Waals surface area contributed by atoms with E-state index in [0.717, 1.165) is 17.1 Å². The van der Waals surface area contributed by atoms with Crippen LogP contribution in [0.5, 0.6) is 0 Å². The molecule has 0 aliphatic heterocycles. The average Bonchev–Trinajstić information content (AvgIpc) is 3.26. The van der Waals surface area contributed by atoms with Crippen molar-refractivity contribution in [3.8, 4) is 5.69 Å². The molecule has 0 bridgehead atoms. The Morgan fingerprint density at radius 1 is 1.11 bits per heavy atom. The van der Waals surface area contributed by atoms with Crippen LogP contribution in [0.15, 0.2) is 40.8 Å². The molecule has 0 aliphatic carbocycles. The molecule has 7 nitrogen and oxygen atoms in total. The molecule has 27 heavy (non-hydrogen) atoms. The second-order valence-electron chi connectivity index (χ2n) is 5.78. The molecule has 0 fully saturated rings. The second-order valence-corrected chi connectivity index (χ2v) is 6.16. The SMILES string of the molecule is COC(=O)c1ccc(COC(=O)c2ccc(-n3nc(C)c(Cl)c3C)cc2)o1. The van der Waals surface area contributed by atoms with Crippen LogP contribution in [0.3, 0.4) is 0 Å². The van der Waals surface area contributed by atoms with Crippen LogP contribution >= 0.6 is 11.6 Å². The molecule has 0 saturated heterocycles. The van der Waals surface area contributed by atoms with Crippen molar-refractivity contribution in [2.24, 2.45) is 0 Å². The van der Waals surface area contributed by atoms with Gasteiger partial charge >= 0.3 is 11.9 Å². The number of methoxy groups -OCH3 is 1. The molecule has 3 rings (SSSR count). The summed E-state index contributed by atoms with van der Waals surface area (Å²) in [4.78, 5) is 23.5. The van der Waals surface area contributed by atoms with Crippen molar-refractivity contribution in [3.63, 3.8) is 0 Å². The number of aromatic nitrogens is 2. The number of ether oxygens (including phenoxy) is 2. The number of aryl methyl sites for hydroxylation is 1. The molecule has 0 atom stereocenters. The number of rotatable bonds is 5. The molecule has 0 unspecified atom stereocenters. The second kappa shape index (κ2) is 7.67. The fraction of sp³-hybridized carbons (Fsp3) is 0.211. The van der Waals surface area contributed by atoms with Gasteiger partial charge in [-0.1, -0.05) is 11.6 Å². The molecule has 2 aromatic heterocycles. The highest BCUT2D eigenvalue weighted by atomic mass is 35.5. The minimum atomic E-state index is -0.590. The summed E-state index contributed by atoms with van der Waals surface area (Å²) < 4.78 is 16.7. The summed E-state index contributed by atoms with van der Waals surface area (Å²) in [6.07, 6.45) is 0. The van der Waals surface area contributed by atoms with Crippen molar-refractivity contribution in [3.05, 3.63) is 69.9 Å². The van der Waals surface area contributed by atoms with Gasteiger partial charge in [0.1, 0.15) is 12.4 Å². The summed E-state index contributed by atoms with van der Waals surface area (Å²) in [5, 5.41) is 4.99. The number of benzene rings is 1. The highest BCUT2D eigenvalue weighted by molar-refractivity contribution is 6.31. The van der Waals surface area contributed by atoms with Gasteiger partial charge in [0.15, 0.2) is 0 Å². The van der Waals surface area contributed by atoms with Crippen LogP contribution in [-0.2, 0) is 16.1 Å². The molecule has 2 heterocycles. The molecular weight excluding hydrogens is 372 g/mol. The molecule has 0 aliphatic rings. The van der Waals surface area contributed by atoms with E-state index in [0.29, 0.717) is 16.3 Å². The number of halogens is 1. The van der Waals surface area contributed by atoms with Gasteiger partial charge in [0, 0.05) is 0 Å². The van der Waals surface area contributed by atoms with Gasteiger partial charge in [-0.15, -0.1) is 0 Å². The van der Waals surface area contributed by atoms with E-state index in [9.17, 15) is 9.59 Å². The quantitative estimate of drug-likeness (QED) is 0.617. The van der Waals surface area contributed by atoms with Crippen LogP contribution < -0.4 is 0 Å². The van der Waals surface area contributed by atoms with Gasteiger partial charge in [0.2, 0.25) is 5.76 Å². The lowest BCUT2D eigenvalue weighted by atomic mass is 10.2. The van der Waals surface area contributed by atoms with Crippen LogP contribution in [0.25, 0.3) is 5.69 Å². The third kappa shape index (κ3) is 3.88. The molecule has 0 radical (unpaired) electrons. The molecule has 0 saturated carbocycles. The lowest BCUT2D eigenvalue weighted by Crippen LogP contribution is -2.06. The van der Waals surface area contributed by atoms with Crippen LogP contribution in [0.2, 0.25) is 5.02 Å². The Balaban J connectivity index is 1.66. The van der Waals surface area contributed by atoms with E-state index in [1.54, 1.807) is 35.0 Å². The van der Waals surface area contributed by atoms with Crippen molar-refractivity contribution >= 4 is 23.5 Å². The smallest absolute Gasteiger partial charge is 0.373 e. The maximum absolute atomic E-state index is 12.2. The maximum Gasteiger partial charge on any atom is 0.373 e. The Morgan fingerprint density at radius 3 is 2.41 bits per heavy atom. The first-order valence-electron chi connectivity index (χ1n) is 8.07. The van der Waals surface area contributed by atoms with Gasteiger partial charge in [-0.3, -0.25) is 0 Å². The van der Waals surface area contributed by atoms with Crippen LogP contribution in [-0.4, -0.2) is 28.8 Å². The third-order valence-corrected chi connectivity index (χ3v) is 4.49. The lowest BCUT2D eigenvalue weighted by Gasteiger charge is -2.06. The number of furan rings is 1. The van der Waals surface area contributed by atoms with Gasteiger partial charge in [-0.2, -0.15) is 5.10 Å². The molecular formula is C19H17ClN2O5. The summed E-state index contributed by atoms with van der Waals surface area (Å²) in [5.41, 5.74) is 2.73. The third-order valence-electron chi connectivity index (χ3n) is 3.94. The van der Waals surface area contributed by atoms with Crippen molar-refractivity contribution < 1.29 is 23.5 Å². The van der Waals surface area contributed by atoms with E-state index in [1.165, 1.54) is 13.2 Å². The molecule has 3 aromatic rings. The van der Waals surface area contributed by atoms with E-state index in [2.05, 4.69) is 9.84 Å². The van der Waals surface area contributed by atoms with E-state index < -0.39 is 11.9 Å². The zero-order valence-corrected chi connectivity index (χ0v) is 15.7. The van der Waals surface area contributed by atoms with Crippen molar-refractivity contribution in [1.82, 2.24) is 9.78 Å². The van der Waals surface area contributed by atoms with Crippen molar-refractivity contribution in [2.75, 3.05) is 7.11 Å². The van der Waals surface area contributed by atoms with Crippen LogP contribution in [0, 0.1) is 13.8 Å². The zero-order valence-electron chi connectivity index (χ0n) is 15.0. The highest BCUT2D eigenvalue weighted by Gasteiger charge is 2.14. The Kier molecular flexibility index (Phi) is 5.32. The number of esters is 2. The number of nitrogens with zero attached hydrogens (tertiary/aromatic N) is 2. The van der Waals surface area contributed by atoms with Gasteiger partial charge in [0.05, 0.1) is 34.8 Å². The van der Waals surface area contributed by atoms with Gasteiger partial charge in [0.25, 0.3) is 0 Å². The summed E-state index contributed by atoms with van der Waals surface area (Å²) in [5.74, 6) is -0.703. The van der Waals surface area contributed by atoms with Crippen molar-refractivity contribution in [2.45, 2.75) is 20.5 Å². The summed E-state index contributed by atoms with van der Waals surface area (Å²) in [6.45, 7) is 3.61. The van der Waals surface area contributed by atoms with E-state index in [4.69, 9.17) is 20.8 Å². The Morgan fingerprint density at radius 2 is 1.81 bits per heavy atom. The number of hydrogen-bond acceptors (Lipinski definition) is 6. The van der Waals surface area contributed by atoms with E-state index >= 15 is 0 Å². The summed E-state index contributed by atoms with van der Waals surface area (Å²) in [6, 6.07) is 9.82. The Bertz CT molecular complexity index is 988. The largest absolute Gasteiger partial charge is 0.463 e. The number of carbonyl (C=O) groups excluding carboxylic acids is 2. The molecule has 1 aromatic carbocycles. The van der Waals surface area contributed by atoms with Gasteiger partial charge in [-0.25, -0.2) is 14.3 Å². The van der Waals surface area contributed by atoms with Crippen LogP contribution in [0.1, 0.15) is 38.1 Å². The maximum atomic E-state index is 12.2. The van der Waals surface area contributed by atoms with Gasteiger partial charge in [-0.05, 0) is 50.2 Å². The standard InChI is InChI=1S/C19H17ClN2O5/c1-11-17(20)12(2)22(21-11)14-6-4-13(5-7-14)18(23)26-10-15-8-9-16(27-15)19(24)25-3/h4-9H,10H2,1-3H3. The average molecular weight is 389 g/mol. The van der Waals surface area contributed by atoms with Crippen molar-refractivity contribution in [1.29, 1.82) is 0 Å². The first-order valence-corrected chi connectivity index (χ1v) is 8.45. The predicted octanol–water partition coefficient (Wildman–Crippen LogP) is 3.88. The van der Waals surface area contributed by atoms with E-state index in [1.807, 2.05) is 13.8 Å². The first kappa shape index (κ1) is 18.7. The topological polar surface area (TPSA) is 83.6 Å². The number of hydrogen-bond donors (Lipinski definition) is 0. The predicted molar refractivity (Wildman–Crippen MR) is 97.2 cm³/mol. The molecule has 140 valence electrons. The molecule has 0 amide bonds. The molecule has 0 N–H and O–H groups in total. The first-order chi connectivity index (χ1) is 12.9.